The van der Waals surface area contributed by atoms with Gasteiger partial charge in [-0.25, -0.2) is 4.79 Å². The van der Waals surface area contributed by atoms with E-state index >= 15 is 0 Å². The van der Waals surface area contributed by atoms with Gasteiger partial charge in [-0.05, 0) is 74.6 Å². The molecule has 0 spiro atoms. The van der Waals surface area contributed by atoms with Crippen LogP contribution >= 0.6 is 12.4 Å². The zero-order valence-corrected chi connectivity index (χ0v) is 22.3. The van der Waals surface area contributed by atoms with Gasteiger partial charge in [-0.2, -0.15) is 0 Å². The van der Waals surface area contributed by atoms with Crippen molar-refractivity contribution in [1.82, 2.24) is 4.90 Å². The van der Waals surface area contributed by atoms with Crippen LogP contribution < -0.4 is 21.3 Å². The van der Waals surface area contributed by atoms with E-state index in [1.165, 1.54) is 24.3 Å². The number of nitrogens with two attached hydrogens (primary N) is 1. The first-order chi connectivity index (χ1) is 18.2. The van der Waals surface area contributed by atoms with Gasteiger partial charge in [0.1, 0.15) is 5.84 Å². The van der Waals surface area contributed by atoms with E-state index in [0.29, 0.717) is 11.1 Å². The van der Waals surface area contributed by atoms with Crippen molar-refractivity contribution in [3.05, 3.63) is 89.0 Å². The molecule has 4 rings (SSSR count). The summed E-state index contributed by atoms with van der Waals surface area (Å²) in [4.78, 5) is 42.1. The highest BCUT2D eigenvalue weighted by atomic mass is 35.5. The summed E-state index contributed by atoms with van der Waals surface area (Å²) in [5.74, 6) is -2.28. The first kappa shape index (κ1) is 29.2. The number of carboxylic acid groups (broad SMARTS) is 1. The maximum absolute atomic E-state index is 13.1. The van der Waals surface area contributed by atoms with Gasteiger partial charge in [0.25, 0.3) is 11.8 Å². The van der Waals surface area contributed by atoms with E-state index in [1.807, 2.05) is 12.1 Å². The second-order valence-electron chi connectivity index (χ2n) is 9.16. The predicted octanol–water partition coefficient (Wildman–Crippen LogP) is 3.74. The molecule has 204 valence electrons. The summed E-state index contributed by atoms with van der Waals surface area (Å²) in [5.41, 5.74) is 7.93. The average Bonchev–Trinajstić information content (AvgIpc) is 3.14. The molecule has 1 saturated heterocycles. The molecule has 2 amide bonds. The highest BCUT2D eigenvalue weighted by Gasteiger charge is 2.17. The summed E-state index contributed by atoms with van der Waals surface area (Å²) < 4.78 is 0. The lowest BCUT2D eigenvalue weighted by Crippen LogP contribution is -2.28. The summed E-state index contributed by atoms with van der Waals surface area (Å²) >= 11 is 0. The Morgan fingerprint density at radius 2 is 1.44 bits per heavy atom. The molecule has 0 radical (unpaired) electrons. The summed E-state index contributed by atoms with van der Waals surface area (Å²) in [6.45, 7) is 3.86. The Labute approximate surface area is 232 Å². The Morgan fingerprint density at radius 1 is 0.795 bits per heavy atom. The molecular weight excluding hydrogens is 520 g/mol. The van der Waals surface area contributed by atoms with E-state index < -0.39 is 17.8 Å². The number of nitrogens with zero attached hydrogens (tertiary/aromatic N) is 2. The molecule has 0 saturated carbocycles. The number of amides is 2. The molecule has 6 N–H and O–H groups in total. The van der Waals surface area contributed by atoms with Gasteiger partial charge in [0.2, 0.25) is 0 Å². The first-order valence-electron chi connectivity index (χ1n) is 12.2. The fourth-order valence-corrected chi connectivity index (χ4v) is 4.23. The predicted molar refractivity (Wildman–Crippen MR) is 155 cm³/mol. The minimum Gasteiger partial charge on any atom is -0.478 e. The monoisotopic (exact) mass is 550 g/mol. The molecule has 1 heterocycles. The molecule has 0 unspecified atom stereocenters. The van der Waals surface area contributed by atoms with Gasteiger partial charge in [-0.3, -0.25) is 15.0 Å². The van der Waals surface area contributed by atoms with Crippen LogP contribution in [0.25, 0.3) is 0 Å². The lowest BCUT2D eigenvalue weighted by molar-refractivity contribution is 0.0696. The maximum atomic E-state index is 13.1. The Hall–Kier alpha value is -4.41. The van der Waals surface area contributed by atoms with Crippen LogP contribution in [-0.4, -0.2) is 66.9 Å². The van der Waals surface area contributed by atoms with Crippen LogP contribution in [0.4, 0.5) is 17.1 Å². The smallest absolute Gasteiger partial charge is 0.335 e. The number of halogens is 1. The summed E-state index contributed by atoms with van der Waals surface area (Å²) in [7, 11) is 2.11. The third kappa shape index (κ3) is 7.34. The second kappa shape index (κ2) is 12.9. The summed E-state index contributed by atoms with van der Waals surface area (Å²) in [6, 6.07) is 17.6. The van der Waals surface area contributed by atoms with E-state index in [-0.39, 0.29) is 40.7 Å². The number of likely N-dealkylation sites (N-methyl/N-ethyl adjacent to an activating group) is 1. The number of amidine groups is 1. The van der Waals surface area contributed by atoms with Crippen LogP contribution in [0.1, 0.15) is 43.1 Å². The van der Waals surface area contributed by atoms with E-state index in [2.05, 4.69) is 27.5 Å². The Balaban J connectivity index is 0.00000420. The van der Waals surface area contributed by atoms with E-state index in [0.717, 1.165) is 38.3 Å². The molecule has 3 aromatic rings. The number of anilines is 3. The zero-order valence-electron chi connectivity index (χ0n) is 21.4. The van der Waals surface area contributed by atoms with Crippen molar-refractivity contribution in [3.8, 4) is 0 Å². The van der Waals surface area contributed by atoms with Crippen molar-refractivity contribution in [2.75, 3.05) is 48.8 Å². The van der Waals surface area contributed by atoms with Crippen molar-refractivity contribution in [1.29, 1.82) is 5.41 Å². The van der Waals surface area contributed by atoms with Gasteiger partial charge in [0.05, 0.1) is 16.9 Å². The molecular formula is C28H31ClN6O4. The van der Waals surface area contributed by atoms with Crippen LogP contribution in [0, 0.1) is 5.41 Å². The van der Waals surface area contributed by atoms with Crippen LogP contribution in [0.2, 0.25) is 0 Å². The molecule has 1 aliphatic rings. The number of hydrogen-bond donors (Lipinski definition) is 5. The molecule has 11 heteroatoms. The van der Waals surface area contributed by atoms with Crippen molar-refractivity contribution in [3.63, 3.8) is 0 Å². The SMILES string of the molecule is CN1CCCN(c2ccc(C(=O)Nc3cc(C(=O)O)ccc3NC(=O)c3cccc(C(=N)N)c3)cc2)CC1.Cl. The van der Waals surface area contributed by atoms with E-state index in [4.69, 9.17) is 11.1 Å². The van der Waals surface area contributed by atoms with E-state index in [1.54, 1.807) is 30.3 Å². The van der Waals surface area contributed by atoms with Crippen LogP contribution in [0.5, 0.6) is 0 Å². The molecule has 0 bridgehead atoms. The highest BCUT2D eigenvalue weighted by Crippen LogP contribution is 2.26. The molecule has 0 aliphatic carbocycles. The molecule has 0 aromatic heterocycles. The van der Waals surface area contributed by atoms with Crippen molar-refractivity contribution < 1.29 is 19.5 Å². The number of carbonyl (C=O) groups is 3. The summed E-state index contributed by atoms with van der Waals surface area (Å²) in [6.07, 6.45) is 1.06. The number of rotatable bonds is 7. The van der Waals surface area contributed by atoms with Gasteiger partial charge in [0, 0.05) is 42.0 Å². The minimum atomic E-state index is -1.17. The maximum Gasteiger partial charge on any atom is 0.335 e. The highest BCUT2D eigenvalue weighted by molar-refractivity contribution is 6.11. The number of benzene rings is 3. The van der Waals surface area contributed by atoms with Crippen LogP contribution in [0.15, 0.2) is 66.7 Å². The Kier molecular flexibility index (Phi) is 9.64. The lowest BCUT2D eigenvalue weighted by atomic mass is 10.1. The largest absolute Gasteiger partial charge is 0.478 e. The number of nitrogens with one attached hydrogen (secondary N) is 3. The van der Waals surface area contributed by atoms with Crippen LogP contribution in [-0.2, 0) is 0 Å². The van der Waals surface area contributed by atoms with Gasteiger partial charge in [-0.15, -0.1) is 12.4 Å². The first-order valence-corrected chi connectivity index (χ1v) is 12.2. The number of carboxylic acids is 1. The third-order valence-electron chi connectivity index (χ3n) is 6.41. The van der Waals surface area contributed by atoms with Crippen molar-refractivity contribution in [2.24, 2.45) is 5.73 Å². The van der Waals surface area contributed by atoms with Crippen molar-refractivity contribution in [2.45, 2.75) is 6.42 Å². The van der Waals surface area contributed by atoms with Gasteiger partial charge in [-0.1, -0.05) is 12.1 Å². The van der Waals surface area contributed by atoms with Gasteiger partial charge >= 0.3 is 5.97 Å². The molecule has 1 fully saturated rings. The van der Waals surface area contributed by atoms with E-state index in [9.17, 15) is 19.5 Å². The lowest BCUT2D eigenvalue weighted by Gasteiger charge is -2.23. The molecule has 39 heavy (non-hydrogen) atoms. The summed E-state index contributed by atoms with van der Waals surface area (Å²) in [5, 5.41) is 22.5. The van der Waals surface area contributed by atoms with Crippen LogP contribution in [0.3, 0.4) is 0 Å². The molecule has 0 atom stereocenters. The average molecular weight is 551 g/mol. The quantitative estimate of drug-likeness (QED) is 0.222. The number of nitrogen functional groups attached to an aromatic ring is 1. The molecule has 3 aromatic carbocycles. The fraction of sp³-hybridized carbons (Fsp3) is 0.214. The number of aromatic carboxylic acids is 1. The Bertz CT molecular complexity index is 1380. The van der Waals surface area contributed by atoms with Crippen molar-refractivity contribution >= 4 is 53.1 Å². The second-order valence-corrected chi connectivity index (χ2v) is 9.16. The molecule has 10 nitrogen and oxygen atoms in total. The van der Waals surface area contributed by atoms with Gasteiger partial charge in [0.15, 0.2) is 0 Å². The number of carbonyl (C=O) groups excluding carboxylic acids is 2. The number of hydrogen-bond acceptors (Lipinski definition) is 6. The zero-order chi connectivity index (χ0) is 27.2. The fourth-order valence-electron chi connectivity index (χ4n) is 4.23. The molecule has 1 aliphatic heterocycles. The van der Waals surface area contributed by atoms with Gasteiger partial charge < -0.3 is 31.3 Å². The topological polar surface area (TPSA) is 152 Å². The standard InChI is InChI=1S/C28H30N6O4.ClH/c1-33-12-3-13-34(15-14-33)22-9-6-18(7-10-22)26(35)32-24-17-21(28(37)38)8-11-23(24)31-27(36)20-5-2-4-19(16-20)25(29)30;/h2,4-11,16-17H,3,12-15H2,1H3,(H3,29,30)(H,31,36)(H,32,35)(H,37,38);1H. The normalized spacial score (nSPS) is 13.5. The Morgan fingerprint density at radius 3 is 2.13 bits per heavy atom. The third-order valence-corrected chi connectivity index (χ3v) is 6.41. The minimum absolute atomic E-state index is 0.